The summed E-state index contributed by atoms with van der Waals surface area (Å²) >= 11 is 5.26. The summed E-state index contributed by atoms with van der Waals surface area (Å²) in [5.74, 6) is -0.263. The highest BCUT2D eigenvalue weighted by atomic mass is 32.1. The minimum Gasteiger partial charge on any atom is -0.466 e. The average molecular weight is 290 g/mol. The summed E-state index contributed by atoms with van der Waals surface area (Å²) in [6.07, 6.45) is 1.94. The van der Waals surface area contributed by atoms with Crippen LogP contribution in [0.2, 0.25) is 0 Å². The van der Waals surface area contributed by atoms with E-state index in [0.717, 1.165) is 17.1 Å². The molecule has 0 unspecified atom stereocenters. The van der Waals surface area contributed by atoms with E-state index < -0.39 is 0 Å². The number of hydrogen-bond acceptors (Lipinski definition) is 4. The zero-order valence-electron chi connectivity index (χ0n) is 11.9. The molecule has 1 aliphatic heterocycles. The molecule has 1 aromatic rings. The van der Waals surface area contributed by atoms with Crippen LogP contribution in [-0.2, 0) is 9.53 Å². The van der Waals surface area contributed by atoms with Crippen LogP contribution < -0.4 is 10.6 Å². The van der Waals surface area contributed by atoms with Gasteiger partial charge in [-0.1, -0.05) is 12.2 Å². The first kappa shape index (κ1) is 14.5. The molecule has 2 rings (SSSR count). The van der Waals surface area contributed by atoms with Crippen LogP contribution >= 0.6 is 12.2 Å². The van der Waals surface area contributed by atoms with Gasteiger partial charge in [-0.3, -0.25) is 4.79 Å². The number of esters is 1. The lowest BCUT2D eigenvalue weighted by molar-refractivity contribution is -0.142. The van der Waals surface area contributed by atoms with E-state index in [2.05, 4.69) is 24.5 Å². The molecule has 20 heavy (non-hydrogen) atoms. The topological polar surface area (TPSA) is 50.4 Å². The van der Waals surface area contributed by atoms with Gasteiger partial charge >= 0.3 is 5.97 Å². The summed E-state index contributed by atoms with van der Waals surface area (Å²) in [6.45, 7) is 6.28. The fourth-order valence-electron chi connectivity index (χ4n) is 2.02. The smallest absolute Gasteiger partial charge is 0.311 e. The third-order valence-electron chi connectivity index (χ3n) is 3.13. The molecule has 0 saturated carbocycles. The number of aryl methyl sites for hydroxylation is 2. The number of benzene rings is 1. The molecular weight excluding hydrogens is 272 g/mol. The molecule has 0 bridgehead atoms. The first-order valence-corrected chi connectivity index (χ1v) is 6.96. The van der Waals surface area contributed by atoms with Gasteiger partial charge < -0.3 is 15.4 Å². The predicted octanol–water partition coefficient (Wildman–Crippen LogP) is 3.31. The molecule has 0 aromatic heterocycles. The summed E-state index contributed by atoms with van der Waals surface area (Å²) in [7, 11) is 0. The van der Waals surface area contributed by atoms with Gasteiger partial charge in [0.05, 0.1) is 24.4 Å². The van der Waals surface area contributed by atoms with Crippen molar-refractivity contribution in [3.8, 4) is 0 Å². The number of fused-ring (bicyclic) bond motifs is 1. The van der Waals surface area contributed by atoms with E-state index in [9.17, 15) is 4.79 Å². The van der Waals surface area contributed by atoms with Crippen molar-refractivity contribution >= 4 is 34.6 Å². The highest BCUT2D eigenvalue weighted by Crippen LogP contribution is 2.29. The number of anilines is 2. The van der Waals surface area contributed by atoms with Gasteiger partial charge in [0.2, 0.25) is 0 Å². The number of carbonyl (C=O) groups is 1. The SMILES string of the molecule is CCOC(=O)CC1=CC(=S)Nc2cc(C)c(C)cc2N1. The minimum absolute atomic E-state index is 0.183. The Kier molecular flexibility index (Phi) is 4.39. The Morgan fingerprint density at radius 2 is 1.80 bits per heavy atom. The molecule has 0 amide bonds. The van der Waals surface area contributed by atoms with E-state index in [4.69, 9.17) is 17.0 Å². The molecule has 0 atom stereocenters. The van der Waals surface area contributed by atoms with Gasteiger partial charge in [0, 0.05) is 5.70 Å². The zero-order valence-corrected chi connectivity index (χ0v) is 12.7. The Labute approximate surface area is 124 Å². The van der Waals surface area contributed by atoms with Gasteiger partial charge in [0.15, 0.2) is 0 Å². The maximum atomic E-state index is 11.6. The lowest BCUT2D eigenvalue weighted by Gasteiger charge is -2.13. The third kappa shape index (κ3) is 3.36. The molecule has 1 aromatic carbocycles. The molecule has 1 aliphatic rings. The Morgan fingerprint density at radius 1 is 1.20 bits per heavy atom. The zero-order chi connectivity index (χ0) is 14.7. The standard InChI is InChI=1S/C15H18N2O2S/c1-4-19-15(18)8-11-7-14(20)17-13-6-10(3)9(2)5-12(13)16-11/h5-7,16H,4,8H2,1-3H3,(H,17,20). The molecule has 0 radical (unpaired) electrons. The van der Waals surface area contributed by atoms with Crippen LogP contribution in [0, 0.1) is 13.8 Å². The largest absolute Gasteiger partial charge is 0.466 e. The van der Waals surface area contributed by atoms with Gasteiger partial charge in [-0.05, 0) is 50.1 Å². The number of rotatable bonds is 3. The summed E-state index contributed by atoms with van der Waals surface area (Å²) in [4.78, 5) is 12.2. The number of carbonyl (C=O) groups excluding carboxylic acids is 1. The van der Waals surface area contributed by atoms with Crippen molar-refractivity contribution in [2.45, 2.75) is 27.2 Å². The molecule has 0 saturated heterocycles. The summed E-state index contributed by atoms with van der Waals surface area (Å²) < 4.78 is 4.97. The van der Waals surface area contributed by atoms with Crippen molar-refractivity contribution in [3.05, 3.63) is 35.0 Å². The van der Waals surface area contributed by atoms with Crippen LogP contribution in [-0.4, -0.2) is 17.6 Å². The average Bonchev–Trinajstić information content (AvgIpc) is 2.48. The molecule has 1 heterocycles. The van der Waals surface area contributed by atoms with Crippen LogP contribution in [0.3, 0.4) is 0 Å². The summed E-state index contributed by atoms with van der Waals surface area (Å²) in [6, 6.07) is 4.09. The number of hydrogen-bond donors (Lipinski definition) is 2. The Morgan fingerprint density at radius 3 is 2.40 bits per heavy atom. The van der Waals surface area contributed by atoms with Crippen molar-refractivity contribution in [3.63, 3.8) is 0 Å². The minimum atomic E-state index is -0.263. The van der Waals surface area contributed by atoms with Crippen molar-refractivity contribution in [1.29, 1.82) is 0 Å². The van der Waals surface area contributed by atoms with E-state index in [1.54, 1.807) is 13.0 Å². The fourth-order valence-corrected chi connectivity index (χ4v) is 2.27. The molecule has 2 N–H and O–H groups in total. The maximum absolute atomic E-state index is 11.6. The monoisotopic (exact) mass is 290 g/mol. The van der Waals surface area contributed by atoms with Crippen molar-refractivity contribution in [2.75, 3.05) is 17.2 Å². The summed E-state index contributed by atoms with van der Waals surface area (Å²) in [5, 5.41) is 6.42. The molecule has 106 valence electrons. The van der Waals surface area contributed by atoms with Gasteiger partial charge in [-0.2, -0.15) is 0 Å². The van der Waals surface area contributed by atoms with E-state index >= 15 is 0 Å². The number of thiocarbonyl (C=S) groups is 1. The molecule has 0 aliphatic carbocycles. The predicted molar refractivity (Wildman–Crippen MR) is 85.1 cm³/mol. The van der Waals surface area contributed by atoms with Crippen LogP contribution in [0.1, 0.15) is 24.5 Å². The summed E-state index contributed by atoms with van der Waals surface area (Å²) in [5.41, 5.74) is 4.95. The van der Waals surface area contributed by atoms with Crippen molar-refractivity contribution < 1.29 is 9.53 Å². The Bertz CT molecular complexity index is 594. The van der Waals surface area contributed by atoms with E-state index in [1.807, 2.05) is 12.1 Å². The maximum Gasteiger partial charge on any atom is 0.311 e. The molecule has 5 heteroatoms. The first-order chi connectivity index (χ1) is 9.49. The second-order valence-electron chi connectivity index (χ2n) is 4.75. The lowest BCUT2D eigenvalue weighted by atomic mass is 10.1. The third-order valence-corrected chi connectivity index (χ3v) is 3.35. The Balaban J connectivity index is 2.27. The quantitative estimate of drug-likeness (QED) is 0.661. The molecular formula is C15H18N2O2S. The van der Waals surface area contributed by atoms with Gasteiger partial charge in [0.25, 0.3) is 0 Å². The van der Waals surface area contributed by atoms with Gasteiger partial charge in [-0.25, -0.2) is 0 Å². The normalized spacial score (nSPS) is 13.6. The molecule has 0 spiro atoms. The van der Waals surface area contributed by atoms with E-state index in [0.29, 0.717) is 11.6 Å². The highest BCUT2D eigenvalue weighted by Gasteiger charge is 2.15. The number of nitrogens with one attached hydrogen (secondary N) is 2. The van der Waals surface area contributed by atoms with Crippen LogP contribution in [0.5, 0.6) is 0 Å². The van der Waals surface area contributed by atoms with Crippen LogP contribution in [0.15, 0.2) is 23.9 Å². The lowest BCUT2D eigenvalue weighted by Crippen LogP contribution is -2.10. The van der Waals surface area contributed by atoms with Crippen molar-refractivity contribution in [2.24, 2.45) is 0 Å². The fraction of sp³-hybridized carbons (Fsp3) is 0.333. The first-order valence-electron chi connectivity index (χ1n) is 6.55. The van der Waals surface area contributed by atoms with Gasteiger partial charge in [0.1, 0.15) is 4.99 Å². The van der Waals surface area contributed by atoms with Crippen LogP contribution in [0.25, 0.3) is 0 Å². The highest BCUT2D eigenvalue weighted by molar-refractivity contribution is 7.81. The van der Waals surface area contributed by atoms with Gasteiger partial charge in [-0.15, -0.1) is 0 Å². The Hall–Kier alpha value is -1.88. The number of ether oxygens (including phenoxy) is 1. The molecule has 4 nitrogen and oxygen atoms in total. The van der Waals surface area contributed by atoms with E-state index in [1.165, 1.54) is 11.1 Å². The second kappa shape index (κ2) is 6.05. The van der Waals surface area contributed by atoms with Crippen LogP contribution in [0.4, 0.5) is 11.4 Å². The molecule has 0 fully saturated rings. The second-order valence-corrected chi connectivity index (χ2v) is 5.19. The van der Waals surface area contributed by atoms with E-state index in [-0.39, 0.29) is 12.4 Å². The van der Waals surface area contributed by atoms with Crippen molar-refractivity contribution in [1.82, 2.24) is 0 Å².